The Balaban J connectivity index is 1.19. The fraction of sp³-hybridized carbons (Fsp3) is 0.571. The van der Waals surface area contributed by atoms with E-state index in [2.05, 4.69) is 17.1 Å². The highest BCUT2D eigenvalue weighted by atomic mass is 16.5. The van der Waals surface area contributed by atoms with Crippen LogP contribution in [0.2, 0.25) is 0 Å². The van der Waals surface area contributed by atoms with E-state index in [1.54, 1.807) is 0 Å². The molecule has 3 atom stereocenters. The van der Waals surface area contributed by atoms with Crippen molar-refractivity contribution in [3.63, 3.8) is 0 Å². The predicted molar refractivity (Wildman–Crippen MR) is 98.5 cm³/mol. The number of benzene rings is 1. The number of allylic oxidation sites excluding steroid dienone is 2. The molecule has 1 amide bonds. The molecule has 25 heavy (non-hydrogen) atoms. The summed E-state index contributed by atoms with van der Waals surface area (Å²) in [6, 6.07) is 7.85. The molecule has 0 unspecified atom stereocenters. The van der Waals surface area contributed by atoms with Crippen LogP contribution in [0.3, 0.4) is 0 Å². The zero-order valence-corrected chi connectivity index (χ0v) is 15.1. The Morgan fingerprint density at radius 2 is 1.84 bits per heavy atom. The number of aryl methyl sites for hydroxylation is 1. The molecule has 0 aromatic heterocycles. The van der Waals surface area contributed by atoms with E-state index in [1.165, 1.54) is 24.9 Å². The first-order chi connectivity index (χ1) is 12.2. The van der Waals surface area contributed by atoms with Gasteiger partial charge in [-0.25, -0.2) is 0 Å². The smallest absolute Gasteiger partial charge is 0.260 e. The van der Waals surface area contributed by atoms with Gasteiger partial charge in [0.1, 0.15) is 5.75 Å². The van der Waals surface area contributed by atoms with E-state index in [0.29, 0.717) is 0 Å². The maximum absolute atomic E-state index is 12.4. The molecule has 2 fully saturated rings. The van der Waals surface area contributed by atoms with E-state index in [4.69, 9.17) is 4.74 Å². The first-order valence-electron chi connectivity index (χ1n) is 9.55. The minimum Gasteiger partial charge on any atom is -0.484 e. The molecule has 2 bridgehead atoms. The van der Waals surface area contributed by atoms with Crippen LogP contribution in [0.4, 0.5) is 0 Å². The van der Waals surface area contributed by atoms with Crippen LogP contribution in [-0.4, -0.2) is 55.0 Å². The monoisotopic (exact) mass is 340 g/mol. The molecule has 0 spiro atoms. The van der Waals surface area contributed by atoms with Crippen molar-refractivity contribution in [3.05, 3.63) is 42.0 Å². The number of rotatable bonds is 5. The van der Waals surface area contributed by atoms with Crippen LogP contribution in [0, 0.1) is 24.7 Å². The second kappa shape index (κ2) is 7.20. The highest BCUT2D eigenvalue weighted by molar-refractivity contribution is 5.77. The second-order valence-corrected chi connectivity index (χ2v) is 7.82. The van der Waals surface area contributed by atoms with Gasteiger partial charge < -0.3 is 9.64 Å². The third kappa shape index (κ3) is 3.90. The van der Waals surface area contributed by atoms with Gasteiger partial charge in [0.2, 0.25) is 0 Å². The van der Waals surface area contributed by atoms with Gasteiger partial charge >= 0.3 is 0 Å². The summed E-state index contributed by atoms with van der Waals surface area (Å²) in [4.78, 5) is 16.9. The second-order valence-electron chi connectivity index (χ2n) is 7.82. The Morgan fingerprint density at radius 1 is 1.08 bits per heavy atom. The Bertz CT molecular complexity index is 632. The van der Waals surface area contributed by atoms with Crippen LogP contribution >= 0.6 is 0 Å². The number of nitrogens with zero attached hydrogens (tertiary/aromatic N) is 2. The molecule has 4 rings (SSSR count). The Kier molecular flexibility index (Phi) is 4.80. The molecular formula is C21H28N2O2. The number of hydrogen-bond donors (Lipinski definition) is 0. The Labute approximate surface area is 150 Å². The first-order valence-corrected chi connectivity index (χ1v) is 9.55. The number of piperazine rings is 1. The molecule has 1 saturated heterocycles. The number of hydrogen-bond acceptors (Lipinski definition) is 3. The van der Waals surface area contributed by atoms with Gasteiger partial charge in [0.05, 0.1) is 0 Å². The number of ether oxygens (including phenoxy) is 1. The lowest BCUT2D eigenvalue weighted by molar-refractivity contribution is -0.135. The van der Waals surface area contributed by atoms with Crippen molar-refractivity contribution in [2.75, 3.05) is 39.3 Å². The summed E-state index contributed by atoms with van der Waals surface area (Å²) in [5, 5.41) is 0. The van der Waals surface area contributed by atoms with Gasteiger partial charge in [0, 0.05) is 32.7 Å². The predicted octanol–water partition coefficient (Wildman–Crippen LogP) is 2.73. The maximum Gasteiger partial charge on any atom is 0.260 e. The van der Waals surface area contributed by atoms with Gasteiger partial charge in [-0.2, -0.15) is 0 Å². The molecule has 2 aliphatic carbocycles. The van der Waals surface area contributed by atoms with E-state index in [-0.39, 0.29) is 12.5 Å². The van der Waals surface area contributed by atoms with Crippen molar-refractivity contribution in [2.24, 2.45) is 17.8 Å². The van der Waals surface area contributed by atoms with Crippen LogP contribution in [0.5, 0.6) is 5.75 Å². The Morgan fingerprint density at radius 3 is 2.48 bits per heavy atom. The van der Waals surface area contributed by atoms with Gasteiger partial charge in [0.25, 0.3) is 5.91 Å². The molecule has 1 aromatic carbocycles. The van der Waals surface area contributed by atoms with E-state index in [0.717, 1.165) is 49.7 Å². The third-order valence-corrected chi connectivity index (χ3v) is 6.02. The van der Waals surface area contributed by atoms with Crippen LogP contribution in [0.25, 0.3) is 0 Å². The lowest BCUT2D eigenvalue weighted by Gasteiger charge is -2.36. The summed E-state index contributed by atoms with van der Waals surface area (Å²) < 4.78 is 5.63. The van der Waals surface area contributed by atoms with Crippen molar-refractivity contribution >= 4 is 5.91 Å². The van der Waals surface area contributed by atoms with E-state index >= 15 is 0 Å². The van der Waals surface area contributed by atoms with Crippen molar-refractivity contribution in [1.82, 2.24) is 9.80 Å². The van der Waals surface area contributed by atoms with Crippen LogP contribution in [0.1, 0.15) is 18.4 Å². The quantitative estimate of drug-likeness (QED) is 0.773. The average molecular weight is 340 g/mol. The van der Waals surface area contributed by atoms with E-state index in [9.17, 15) is 4.79 Å². The van der Waals surface area contributed by atoms with Crippen LogP contribution in [0.15, 0.2) is 36.4 Å². The topological polar surface area (TPSA) is 32.8 Å². The van der Waals surface area contributed by atoms with E-state index < -0.39 is 0 Å². The van der Waals surface area contributed by atoms with Crippen molar-refractivity contribution in [3.8, 4) is 5.75 Å². The van der Waals surface area contributed by atoms with Crippen molar-refractivity contribution in [2.45, 2.75) is 19.8 Å². The minimum atomic E-state index is 0.100. The molecule has 3 aliphatic rings. The zero-order chi connectivity index (χ0) is 17.2. The minimum absolute atomic E-state index is 0.100. The van der Waals surface area contributed by atoms with Gasteiger partial charge in [-0.1, -0.05) is 29.8 Å². The summed E-state index contributed by atoms with van der Waals surface area (Å²) in [5.41, 5.74) is 1.20. The van der Waals surface area contributed by atoms with Crippen LogP contribution < -0.4 is 4.74 Å². The third-order valence-electron chi connectivity index (χ3n) is 6.02. The summed E-state index contributed by atoms with van der Waals surface area (Å²) in [6.45, 7) is 7.02. The molecule has 4 nitrogen and oxygen atoms in total. The molecule has 1 saturated carbocycles. The summed E-state index contributed by atoms with van der Waals surface area (Å²) in [7, 11) is 0. The van der Waals surface area contributed by atoms with Gasteiger partial charge in [-0.15, -0.1) is 0 Å². The van der Waals surface area contributed by atoms with E-state index in [1.807, 2.05) is 36.1 Å². The van der Waals surface area contributed by atoms with Gasteiger partial charge in [0.15, 0.2) is 6.61 Å². The number of fused-ring (bicyclic) bond motifs is 2. The van der Waals surface area contributed by atoms with Crippen molar-refractivity contribution < 1.29 is 9.53 Å². The zero-order valence-electron chi connectivity index (χ0n) is 15.1. The van der Waals surface area contributed by atoms with Gasteiger partial charge in [-0.3, -0.25) is 9.69 Å². The number of amides is 1. The molecule has 1 aromatic rings. The number of carbonyl (C=O) groups excluding carboxylic acids is 1. The molecule has 0 radical (unpaired) electrons. The number of carbonyl (C=O) groups is 1. The fourth-order valence-corrected chi connectivity index (χ4v) is 4.49. The summed E-state index contributed by atoms with van der Waals surface area (Å²) in [6.07, 6.45) is 7.58. The lowest BCUT2D eigenvalue weighted by atomic mass is 9.93. The molecule has 134 valence electrons. The molecular weight excluding hydrogens is 312 g/mol. The average Bonchev–Trinajstić information content (AvgIpc) is 3.25. The lowest BCUT2D eigenvalue weighted by Crippen LogP contribution is -2.51. The molecule has 1 heterocycles. The first kappa shape index (κ1) is 16.6. The largest absolute Gasteiger partial charge is 0.484 e. The van der Waals surface area contributed by atoms with Crippen LogP contribution in [-0.2, 0) is 4.79 Å². The molecule has 1 aliphatic heterocycles. The maximum atomic E-state index is 12.4. The molecule has 4 heteroatoms. The fourth-order valence-electron chi connectivity index (χ4n) is 4.49. The highest BCUT2D eigenvalue weighted by Gasteiger charge is 2.36. The normalized spacial score (nSPS) is 28.5. The Hall–Kier alpha value is -1.81. The highest BCUT2D eigenvalue weighted by Crippen LogP contribution is 2.43. The summed E-state index contributed by atoms with van der Waals surface area (Å²) >= 11 is 0. The SMILES string of the molecule is Cc1ccc(OCC(=O)N2CCN(C[C@H]3C[C@@H]4C=C[C@H]3C4)CC2)cc1. The summed E-state index contributed by atoms with van der Waals surface area (Å²) in [5.74, 6) is 3.36. The van der Waals surface area contributed by atoms with Gasteiger partial charge in [-0.05, 0) is 49.7 Å². The van der Waals surface area contributed by atoms with Crippen molar-refractivity contribution in [1.29, 1.82) is 0 Å². The standard InChI is InChI=1S/C21H28N2O2/c1-16-2-6-20(7-3-16)25-15-21(24)23-10-8-22(9-11-23)14-19-13-17-4-5-18(19)12-17/h2-7,17-19H,8-15H2,1H3/t17-,18+,19-/m1/s1. The molecule has 0 N–H and O–H groups in total.